The van der Waals surface area contributed by atoms with E-state index in [1.165, 1.54) is 25.7 Å². The number of furan rings is 1. The topological polar surface area (TPSA) is 13.1 Å². The predicted octanol–water partition coefficient (Wildman–Crippen LogP) is 8.69. The van der Waals surface area contributed by atoms with E-state index in [1.54, 1.807) is 23.9 Å². The first-order valence-corrected chi connectivity index (χ1v) is 9.54. The molecular formula is C20H40OS. The van der Waals surface area contributed by atoms with Crippen LogP contribution in [-0.4, -0.2) is 0 Å². The van der Waals surface area contributed by atoms with Crippen LogP contribution >= 0.6 is 11.3 Å². The zero-order valence-corrected chi connectivity index (χ0v) is 17.1. The van der Waals surface area contributed by atoms with Crippen molar-refractivity contribution in [3.63, 3.8) is 0 Å². The minimum absolute atomic E-state index is 1.25. The van der Waals surface area contributed by atoms with Crippen molar-refractivity contribution >= 4 is 11.3 Å². The van der Waals surface area contributed by atoms with Crippen molar-refractivity contribution in [2.24, 2.45) is 0 Å². The van der Waals surface area contributed by atoms with Crippen molar-refractivity contribution in [2.45, 2.75) is 81.1 Å². The maximum atomic E-state index is 4.58. The lowest BCUT2D eigenvalue weighted by atomic mass is 10.6. The summed E-state index contributed by atoms with van der Waals surface area (Å²) in [5, 5.41) is 4.08. The molecule has 0 radical (unpaired) electrons. The van der Waals surface area contributed by atoms with E-state index in [1.807, 2.05) is 35.0 Å². The maximum Gasteiger partial charge on any atom is 0.0902 e. The molecular weight excluding hydrogens is 288 g/mol. The molecule has 2 aromatic rings. The minimum Gasteiger partial charge on any atom is -0.473 e. The van der Waals surface area contributed by atoms with Gasteiger partial charge in [-0.05, 0) is 22.9 Å². The van der Waals surface area contributed by atoms with Gasteiger partial charge in [0.05, 0.1) is 12.5 Å². The molecule has 0 amide bonds. The molecule has 0 aliphatic heterocycles. The van der Waals surface area contributed by atoms with Gasteiger partial charge in [0.1, 0.15) is 0 Å². The van der Waals surface area contributed by atoms with Gasteiger partial charge in [0.25, 0.3) is 0 Å². The Balaban J connectivity index is -0.0000000908. The van der Waals surface area contributed by atoms with Crippen LogP contribution in [0.5, 0.6) is 0 Å². The highest BCUT2D eigenvalue weighted by molar-refractivity contribution is 7.07. The van der Waals surface area contributed by atoms with E-state index < -0.39 is 0 Å². The summed E-state index contributed by atoms with van der Waals surface area (Å²) in [5.41, 5.74) is 0. The second kappa shape index (κ2) is 42.7. The van der Waals surface area contributed by atoms with E-state index in [-0.39, 0.29) is 0 Å². The van der Waals surface area contributed by atoms with Crippen LogP contribution in [0, 0.1) is 0 Å². The van der Waals surface area contributed by atoms with Crippen LogP contribution in [-0.2, 0) is 0 Å². The summed E-state index contributed by atoms with van der Waals surface area (Å²) in [6, 6.07) is 7.70. The fraction of sp³-hybridized carbons (Fsp3) is 0.600. The maximum absolute atomic E-state index is 4.58. The summed E-state index contributed by atoms with van der Waals surface area (Å²) in [5.74, 6) is 0. The third kappa shape index (κ3) is 76.1. The molecule has 0 atom stereocenters. The second-order valence-electron chi connectivity index (χ2n) is 4.41. The molecule has 0 aliphatic rings. The first kappa shape index (κ1) is 29.0. The largest absolute Gasteiger partial charge is 0.473 e. The molecule has 0 aliphatic carbocycles. The van der Waals surface area contributed by atoms with Crippen LogP contribution in [0.1, 0.15) is 81.1 Å². The monoisotopic (exact) mass is 328 g/mol. The van der Waals surface area contributed by atoms with Gasteiger partial charge in [-0.1, -0.05) is 93.2 Å². The van der Waals surface area contributed by atoms with Crippen LogP contribution in [0.3, 0.4) is 0 Å². The van der Waals surface area contributed by atoms with Crippen molar-refractivity contribution in [2.75, 3.05) is 0 Å². The SMILES string of the molecule is CCC.CCC.CCC.CCC.c1ccoc1.c1ccsc1. The molecule has 0 saturated heterocycles. The van der Waals surface area contributed by atoms with Gasteiger partial charge in [-0.2, -0.15) is 11.3 Å². The Bertz CT molecular complexity index is 193. The molecule has 0 spiro atoms. The molecule has 0 aromatic carbocycles. The normalized spacial score (nSPS) is 6.91. The molecule has 2 heteroatoms. The summed E-state index contributed by atoms with van der Waals surface area (Å²) in [6.45, 7) is 17.0. The van der Waals surface area contributed by atoms with E-state index in [9.17, 15) is 0 Å². The van der Waals surface area contributed by atoms with Crippen molar-refractivity contribution < 1.29 is 4.42 Å². The second-order valence-corrected chi connectivity index (χ2v) is 5.23. The Kier molecular flexibility index (Phi) is 56.4. The molecule has 0 unspecified atom stereocenters. The minimum atomic E-state index is 1.25. The molecule has 0 bridgehead atoms. The predicted molar refractivity (Wildman–Crippen MR) is 107 cm³/mol. The summed E-state index contributed by atoms with van der Waals surface area (Å²) >= 11 is 1.71. The Morgan fingerprint density at radius 3 is 0.909 bits per heavy atom. The van der Waals surface area contributed by atoms with Gasteiger partial charge in [0.2, 0.25) is 0 Å². The van der Waals surface area contributed by atoms with E-state index in [0.717, 1.165) is 0 Å². The van der Waals surface area contributed by atoms with E-state index in [4.69, 9.17) is 0 Å². The molecule has 2 aromatic heterocycles. The molecule has 22 heavy (non-hydrogen) atoms. The fourth-order valence-corrected chi connectivity index (χ4v) is 0.907. The molecule has 0 fully saturated rings. The highest BCUT2D eigenvalue weighted by atomic mass is 32.1. The summed E-state index contributed by atoms with van der Waals surface area (Å²) < 4.78 is 4.58. The fourth-order valence-electron chi connectivity index (χ4n) is 0.454. The van der Waals surface area contributed by atoms with E-state index in [0.29, 0.717) is 0 Å². The molecule has 1 nitrogen and oxygen atoms in total. The Hall–Kier alpha value is -1.02. The van der Waals surface area contributed by atoms with Crippen molar-refractivity contribution in [1.29, 1.82) is 0 Å². The molecule has 2 heterocycles. The quantitative estimate of drug-likeness (QED) is 0.471. The lowest BCUT2D eigenvalue weighted by Gasteiger charge is -1.50. The highest BCUT2D eigenvalue weighted by Gasteiger charge is 1.59. The highest BCUT2D eigenvalue weighted by Crippen LogP contribution is 1.91. The van der Waals surface area contributed by atoms with Gasteiger partial charge < -0.3 is 4.42 Å². The van der Waals surface area contributed by atoms with Gasteiger partial charge in [-0.15, -0.1) is 0 Å². The average Bonchev–Trinajstić information content (AvgIpc) is 3.21. The standard InChI is InChI=1S/C4H4O.C4H4S.4C3H8/c2*1-2-4-5-3-1;4*1-3-2/h2*1-4H;4*3H2,1-2H3. The van der Waals surface area contributed by atoms with Crippen molar-refractivity contribution in [3.8, 4) is 0 Å². The zero-order chi connectivity index (χ0) is 17.9. The number of rotatable bonds is 0. The van der Waals surface area contributed by atoms with Crippen molar-refractivity contribution in [3.05, 3.63) is 47.6 Å². The van der Waals surface area contributed by atoms with Gasteiger partial charge in [0.15, 0.2) is 0 Å². The molecule has 0 N–H and O–H groups in total. The van der Waals surface area contributed by atoms with E-state index >= 15 is 0 Å². The van der Waals surface area contributed by atoms with Gasteiger partial charge in [-0.3, -0.25) is 0 Å². The number of thiophene rings is 1. The lowest BCUT2D eigenvalue weighted by molar-refractivity contribution is 0.567. The molecule has 0 saturated carbocycles. The third-order valence-electron chi connectivity index (χ3n) is 0.851. The summed E-state index contributed by atoms with van der Waals surface area (Å²) in [4.78, 5) is 0. The van der Waals surface area contributed by atoms with Crippen LogP contribution in [0.4, 0.5) is 0 Å². The smallest absolute Gasteiger partial charge is 0.0902 e. The number of hydrogen-bond donors (Lipinski definition) is 0. The van der Waals surface area contributed by atoms with Gasteiger partial charge in [0, 0.05) is 0 Å². The van der Waals surface area contributed by atoms with Crippen molar-refractivity contribution in [1.82, 2.24) is 0 Å². The lowest BCUT2D eigenvalue weighted by Crippen LogP contribution is -1.27. The molecule has 132 valence electrons. The zero-order valence-electron chi connectivity index (χ0n) is 16.3. The molecule has 2 rings (SSSR count). The Morgan fingerprint density at radius 2 is 0.818 bits per heavy atom. The van der Waals surface area contributed by atoms with Crippen LogP contribution in [0.2, 0.25) is 0 Å². The Labute approximate surface area is 144 Å². The first-order valence-electron chi connectivity index (χ1n) is 8.60. The third-order valence-corrected chi connectivity index (χ3v) is 1.48. The van der Waals surface area contributed by atoms with Crippen LogP contribution < -0.4 is 0 Å². The Morgan fingerprint density at radius 1 is 0.545 bits per heavy atom. The summed E-state index contributed by atoms with van der Waals surface area (Å²) in [7, 11) is 0. The van der Waals surface area contributed by atoms with Crippen LogP contribution in [0.15, 0.2) is 52.0 Å². The first-order chi connectivity index (χ1) is 10.7. The van der Waals surface area contributed by atoms with E-state index in [2.05, 4.69) is 59.8 Å². The average molecular weight is 329 g/mol. The van der Waals surface area contributed by atoms with Crippen LogP contribution in [0.25, 0.3) is 0 Å². The van der Waals surface area contributed by atoms with Gasteiger partial charge in [-0.25, -0.2) is 0 Å². The number of hydrogen-bond acceptors (Lipinski definition) is 2. The summed E-state index contributed by atoms with van der Waals surface area (Å²) in [6.07, 6.45) is 8.25. The van der Waals surface area contributed by atoms with Gasteiger partial charge >= 0.3 is 0 Å².